The molecule has 2 aromatic rings. The molecule has 6 nitrogen and oxygen atoms in total. The van der Waals surface area contributed by atoms with Gasteiger partial charge in [-0.1, -0.05) is 11.3 Å². The molecule has 0 N–H and O–H groups in total. The molecule has 0 amide bonds. The van der Waals surface area contributed by atoms with Crippen LogP contribution in [0.4, 0.5) is 0 Å². The fraction of sp³-hybridized carbons (Fsp3) is 0.273. The molecule has 2 aromatic heterocycles. The second kappa shape index (κ2) is 5.20. The molecular weight excluding hydrogens is 220 g/mol. The zero-order valence-electron chi connectivity index (χ0n) is 9.41. The summed E-state index contributed by atoms with van der Waals surface area (Å²) in [5, 5.41) is 7.82. The highest BCUT2D eigenvalue weighted by Crippen LogP contribution is 2.00. The van der Waals surface area contributed by atoms with E-state index >= 15 is 0 Å². The maximum absolute atomic E-state index is 10.6. The summed E-state index contributed by atoms with van der Waals surface area (Å²) >= 11 is 0. The van der Waals surface area contributed by atoms with Gasteiger partial charge in [0, 0.05) is 13.1 Å². The third-order valence-electron chi connectivity index (χ3n) is 2.06. The Kier molecular flexibility index (Phi) is 3.44. The van der Waals surface area contributed by atoms with Gasteiger partial charge in [0.15, 0.2) is 0 Å². The van der Waals surface area contributed by atoms with Crippen LogP contribution in [0, 0.1) is 0 Å². The van der Waals surface area contributed by atoms with Gasteiger partial charge in [-0.05, 0) is 12.1 Å². The molecule has 0 saturated heterocycles. The predicted octanol–water partition coefficient (Wildman–Crippen LogP) is 0.784. The normalized spacial score (nSPS) is 10.2. The van der Waals surface area contributed by atoms with Gasteiger partial charge in [-0.2, -0.15) is 0 Å². The minimum absolute atomic E-state index is 0.150. The van der Waals surface area contributed by atoms with Gasteiger partial charge < -0.3 is 4.74 Å². The molecule has 2 rings (SSSR count). The van der Waals surface area contributed by atoms with E-state index in [4.69, 9.17) is 4.74 Å². The number of carbonyl (C=O) groups is 1. The summed E-state index contributed by atoms with van der Waals surface area (Å²) in [6.07, 6.45) is 3.46. The van der Waals surface area contributed by atoms with Gasteiger partial charge in [0.1, 0.15) is 12.3 Å². The quantitative estimate of drug-likeness (QED) is 0.729. The van der Waals surface area contributed by atoms with Crippen LogP contribution in [0.5, 0.6) is 0 Å². The minimum atomic E-state index is -0.329. The highest BCUT2D eigenvalue weighted by Gasteiger charge is 2.03. The SMILES string of the molecule is CC(=O)OCc1cn(Cc2ccccn2)nn1. The van der Waals surface area contributed by atoms with Crippen molar-refractivity contribution in [2.45, 2.75) is 20.1 Å². The number of nitrogens with zero attached hydrogens (tertiary/aromatic N) is 4. The van der Waals surface area contributed by atoms with Gasteiger partial charge in [-0.25, -0.2) is 4.68 Å². The van der Waals surface area contributed by atoms with E-state index in [0.29, 0.717) is 12.2 Å². The number of esters is 1. The van der Waals surface area contributed by atoms with E-state index in [0.717, 1.165) is 5.69 Å². The lowest BCUT2D eigenvalue weighted by Gasteiger charge is -1.98. The zero-order valence-corrected chi connectivity index (χ0v) is 9.41. The molecule has 0 aromatic carbocycles. The standard InChI is InChI=1S/C11H12N4O2/c1-9(16)17-8-11-7-15(14-13-11)6-10-4-2-3-5-12-10/h2-5,7H,6,8H2,1H3. The van der Waals surface area contributed by atoms with Crippen molar-refractivity contribution in [3.05, 3.63) is 42.0 Å². The molecule has 17 heavy (non-hydrogen) atoms. The first-order valence-corrected chi connectivity index (χ1v) is 5.16. The summed E-state index contributed by atoms with van der Waals surface area (Å²) in [5.41, 5.74) is 1.52. The Morgan fingerprint density at radius 3 is 3.00 bits per heavy atom. The van der Waals surface area contributed by atoms with E-state index in [-0.39, 0.29) is 12.6 Å². The Morgan fingerprint density at radius 1 is 1.41 bits per heavy atom. The zero-order chi connectivity index (χ0) is 12.1. The summed E-state index contributed by atoms with van der Waals surface area (Å²) < 4.78 is 6.48. The number of carbonyl (C=O) groups excluding carboxylic acids is 1. The molecular formula is C11H12N4O2. The Hall–Kier alpha value is -2.24. The average molecular weight is 232 g/mol. The minimum Gasteiger partial charge on any atom is -0.459 e. The Balaban J connectivity index is 1.97. The summed E-state index contributed by atoms with van der Waals surface area (Å²) in [5.74, 6) is -0.329. The first kappa shape index (κ1) is 11.3. The molecule has 0 aliphatic heterocycles. The number of aromatic nitrogens is 4. The van der Waals surface area contributed by atoms with Crippen molar-refractivity contribution in [1.82, 2.24) is 20.0 Å². The topological polar surface area (TPSA) is 69.9 Å². The third-order valence-corrected chi connectivity index (χ3v) is 2.06. The van der Waals surface area contributed by atoms with Crippen molar-refractivity contribution in [1.29, 1.82) is 0 Å². The van der Waals surface area contributed by atoms with Crippen molar-refractivity contribution < 1.29 is 9.53 Å². The first-order valence-electron chi connectivity index (χ1n) is 5.16. The van der Waals surface area contributed by atoms with Crippen molar-refractivity contribution in [3.63, 3.8) is 0 Å². The number of pyridine rings is 1. The summed E-state index contributed by atoms with van der Waals surface area (Å²) in [6, 6.07) is 5.68. The van der Waals surface area contributed by atoms with Gasteiger partial charge >= 0.3 is 5.97 Å². The summed E-state index contributed by atoms with van der Waals surface area (Å²) in [6.45, 7) is 2.06. The molecule has 2 heterocycles. The maximum Gasteiger partial charge on any atom is 0.303 e. The van der Waals surface area contributed by atoms with E-state index in [9.17, 15) is 4.79 Å². The number of ether oxygens (including phenoxy) is 1. The van der Waals surface area contributed by atoms with Crippen LogP contribution in [0.2, 0.25) is 0 Å². The van der Waals surface area contributed by atoms with Gasteiger partial charge in [0.2, 0.25) is 0 Å². The second-order valence-corrected chi connectivity index (χ2v) is 3.51. The van der Waals surface area contributed by atoms with Crippen LogP contribution in [0.15, 0.2) is 30.6 Å². The van der Waals surface area contributed by atoms with Crippen LogP contribution in [-0.4, -0.2) is 25.9 Å². The third kappa shape index (κ3) is 3.37. The van der Waals surface area contributed by atoms with Crippen molar-refractivity contribution in [2.24, 2.45) is 0 Å². The molecule has 0 saturated carbocycles. The Morgan fingerprint density at radius 2 is 2.29 bits per heavy atom. The molecule has 0 bridgehead atoms. The molecule has 0 unspecified atom stereocenters. The summed E-state index contributed by atoms with van der Waals surface area (Å²) in [4.78, 5) is 14.8. The van der Waals surface area contributed by atoms with Crippen LogP contribution in [0.1, 0.15) is 18.3 Å². The van der Waals surface area contributed by atoms with Crippen molar-refractivity contribution >= 4 is 5.97 Å². The lowest BCUT2D eigenvalue weighted by Crippen LogP contribution is -2.02. The molecule has 6 heteroatoms. The second-order valence-electron chi connectivity index (χ2n) is 3.51. The van der Waals surface area contributed by atoms with Gasteiger partial charge in [-0.15, -0.1) is 5.10 Å². The molecule has 0 spiro atoms. The number of rotatable bonds is 4. The van der Waals surface area contributed by atoms with Gasteiger partial charge in [-0.3, -0.25) is 9.78 Å². The highest BCUT2D eigenvalue weighted by molar-refractivity contribution is 5.65. The Labute approximate surface area is 98.2 Å². The van der Waals surface area contributed by atoms with Crippen molar-refractivity contribution in [2.75, 3.05) is 0 Å². The highest BCUT2D eigenvalue weighted by atomic mass is 16.5. The summed E-state index contributed by atoms with van der Waals surface area (Å²) in [7, 11) is 0. The molecule has 0 aliphatic carbocycles. The van der Waals surface area contributed by atoms with E-state index < -0.39 is 0 Å². The molecule has 0 atom stereocenters. The molecule has 0 fully saturated rings. The van der Waals surface area contributed by atoms with Crippen LogP contribution in [-0.2, 0) is 22.7 Å². The fourth-order valence-corrected chi connectivity index (χ4v) is 1.32. The molecule has 0 aliphatic rings. The lowest BCUT2D eigenvalue weighted by molar-refractivity contribution is -0.142. The maximum atomic E-state index is 10.6. The van der Waals surface area contributed by atoms with Crippen molar-refractivity contribution in [3.8, 4) is 0 Å². The van der Waals surface area contributed by atoms with Gasteiger partial charge in [0.25, 0.3) is 0 Å². The van der Waals surface area contributed by atoms with Crippen LogP contribution >= 0.6 is 0 Å². The fourth-order valence-electron chi connectivity index (χ4n) is 1.32. The van der Waals surface area contributed by atoms with E-state index in [1.54, 1.807) is 17.1 Å². The van der Waals surface area contributed by atoms with E-state index in [1.807, 2.05) is 18.2 Å². The van der Waals surface area contributed by atoms with Gasteiger partial charge in [0.05, 0.1) is 18.4 Å². The monoisotopic (exact) mass is 232 g/mol. The smallest absolute Gasteiger partial charge is 0.303 e. The lowest BCUT2D eigenvalue weighted by atomic mass is 10.3. The largest absolute Gasteiger partial charge is 0.459 e. The number of hydrogen-bond donors (Lipinski definition) is 0. The first-order chi connectivity index (χ1) is 8.24. The van der Waals surface area contributed by atoms with E-state index in [1.165, 1.54) is 6.92 Å². The number of hydrogen-bond acceptors (Lipinski definition) is 5. The average Bonchev–Trinajstić information content (AvgIpc) is 2.75. The van der Waals surface area contributed by atoms with Crippen LogP contribution in [0.25, 0.3) is 0 Å². The van der Waals surface area contributed by atoms with Crippen LogP contribution < -0.4 is 0 Å². The predicted molar refractivity (Wildman–Crippen MR) is 58.8 cm³/mol. The molecule has 0 radical (unpaired) electrons. The van der Waals surface area contributed by atoms with E-state index in [2.05, 4.69) is 15.3 Å². The molecule has 88 valence electrons. The van der Waals surface area contributed by atoms with Crippen LogP contribution in [0.3, 0.4) is 0 Å². The Bertz CT molecular complexity index is 495.